The van der Waals surface area contributed by atoms with Crippen LogP contribution >= 0.6 is 11.3 Å². The van der Waals surface area contributed by atoms with Gasteiger partial charge in [0, 0.05) is 6.07 Å². The number of aromatic nitrogens is 2. The van der Waals surface area contributed by atoms with Gasteiger partial charge in [0.15, 0.2) is 5.13 Å². The summed E-state index contributed by atoms with van der Waals surface area (Å²) in [5.41, 5.74) is 0.634. The summed E-state index contributed by atoms with van der Waals surface area (Å²) in [5, 5.41) is 6.39. The van der Waals surface area contributed by atoms with E-state index in [9.17, 15) is 9.18 Å². The number of halogens is 1. The molecule has 1 aromatic carbocycles. The lowest BCUT2D eigenvalue weighted by Gasteiger charge is -1.95. The summed E-state index contributed by atoms with van der Waals surface area (Å²) in [6.45, 7) is 0. The monoisotopic (exact) mass is 263 g/mol. The molecule has 0 atom stereocenters. The lowest BCUT2D eigenvalue weighted by molar-refractivity contribution is 0.0988. The number of nitrogens with one attached hydrogen (secondary N) is 1. The minimum absolute atomic E-state index is 0.0976. The second-order valence-electron chi connectivity index (χ2n) is 3.46. The second-order valence-corrected chi connectivity index (χ2v) is 4.49. The molecule has 2 heterocycles. The first kappa shape index (κ1) is 10.8. The van der Waals surface area contributed by atoms with Gasteiger partial charge >= 0.3 is 0 Å². The van der Waals surface area contributed by atoms with Crippen LogP contribution in [0.3, 0.4) is 0 Å². The molecule has 0 unspecified atom stereocenters. The van der Waals surface area contributed by atoms with Crippen LogP contribution < -0.4 is 5.32 Å². The SMILES string of the molecule is O=C(Nc1nc2ccc(F)cc2s1)c1ccno1. The molecule has 0 aliphatic rings. The molecular weight excluding hydrogens is 257 g/mol. The van der Waals surface area contributed by atoms with Crippen LogP contribution in [0, 0.1) is 5.82 Å². The van der Waals surface area contributed by atoms with Crippen LogP contribution in [0.25, 0.3) is 10.2 Å². The van der Waals surface area contributed by atoms with Crippen molar-refractivity contribution in [3.05, 3.63) is 42.0 Å². The fraction of sp³-hybridized carbons (Fsp3) is 0. The molecule has 0 radical (unpaired) electrons. The lowest BCUT2D eigenvalue weighted by atomic mass is 10.3. The van der Waals surface area contributed by atoms with Crippen molar-refractivity contribution >= 4 is 32.6 Å². The van der Waals surface area contributed by atoms with Crippen molar-refractivity contribution in [3.63, 3.8) is 0 Å². The highest BCUT2D eigenvalue weighted by Crippen LogP contribution is 2.26. The van der Waals surface area contributed by atoms with Gasteiger partial charge in [0.2, 0.25) is 5.76 Å². The first-order valence-corrected chi connectivity index (χ1v) is 5.82. The van der Waals surface area contributed by atoms with Crippen LogP contribution in [-0.2, 0) is 0 Å². The predicted molar refractivity (Wildman–Crippen MR) is 64.0 cm³/mol. The lowest BCUT2D eigenvalue weighted by Crippen LogP contribution is -2.10. The summed E-state index contributed by atoms with van der Waals surface area (Å²) in [7, 11) is 0. The van der Waals surface area contributed by atoms with Crippen LogP contribution in [0.4, 0.5) is 9.52 Å². The number of benzene rings is 1. The molecule has 0 aliphatic carbocycles. The Kier molecular flexibility index (Phi) is 2.52. The van der Waals surface area contributed by atoms with Crippen LogP contribution in [0.1, 0.15) is 10.6 Å². The molecule has 3 aromatic rings. The maximum Gasteiger partial charge on any atom is 0.296 e. The zero-order chi connectivity index (χ0) is 12.5. The molecule has 0 spiro atoms. The Labute approximate surface area is 104 Å². The van der Waals surface area contributed by atoms with Crippen LogP contribution in [-0.4, -0.2) is 16.0 Å². The smallest absolute Gasteiger partial charge is 0.296 e. The van der Waals surface area contributed by atoms with Crippen molar-refractivity contribution in [2.45, 2.75) is 0 Å². The summed E-state index contributed by atoms with van der Waals surface area (Å²) in [6, 6.07) is 5.70. The highest BCUT2D eigenvalue weighted by molar-refractivity contribution is 7.22. The van der Waals surface area contributed by atoms with E-state index in [0.717, 1.165) is 0 Å². The fourth-order valence-corrected chi connectivity index (χ4v) is 2.33. The van der Waals surface area contributed by atoms with E-state index in [1.54, 1.807) is 6.07 Å². The van der Waals surface area contributed by atoms with E-state index >= 15 is 0 Å². The van der Waals surface area contributed by atoms with Crippen molar-refractivity contribution in [1.29, 1.82) is 0 Å². The topological polar surface area (TPSA) is 68.0 Å². The number of nitrogens with zero attached hydrogens (tertiary/aromatic N) is 2. The van der Waals surface area contributed by atoms with E-state index in [-0.39, 0.29) is 11.6 Å². The molecule has 18 heavy (non-hydrogen) atoms. The minimum Gasteiger partial charge on any atom is -0.351 e. The zero-order valence-corrected chi connectivity index (χ0v) is 9.70. The Hall–Kier alpha value is -2.28. The van der Waals surface area contributed by atoms with E-state index < -0.39 is 5.91 Å². The third kappa shape index (κ3) is 1.95. The zero-order valence-electron chi connectivity index (χ0n) is 8.88. The average molecular weight is 263 g/mol. The van der Waals surface area contributed by atoms with Gasteiger partial charge in [-0.25, -0.2) is 9.37 Å². The molecule has 7 heteroatoms. The van der Waals surface area contributed by atoms with Crippen molar-refractivity contribution < 1.29 is 13.7 Å². The van der Waals surface area contributed by atoms with Gasteiger partial charge in [-0.3, -0.25) is 10.1 Å². The fourth-order valence-electron chi connectivity index (χ4n) is 1.44. The molecule has 1 N–H and O–H groups in total. The van der Waals surface area contributed by atoms with E-state index in [2.05, 4.69) is 15.5 Å². The summed E-state index contributed by atoms with van der Waals surface area (Å²) in [4.78, 5) is 15.8. The molecule has 0 saturated heterocycles. The van der Waals surface area contributed by atoms with E-state index in [1.807, 2.05) is 0 Å². The minimum atomic E-state index is -0.438. The number of thiazole rings is 1. The van der Waals surface area contributed by atoms with E-state index in [4.69, 9.17) is 4.52 Å². The molecule has 2 aromatic heterocycles. The Balaban J connectivity index is 1.89. The van der Waals surface area contributed by atoms with Gasteiger partial charge in [-0.2, -0.15) is 0 Å². The number of rotatable bonds is 2. The Morgan fingerprint density at radius 2 is 2.28 bits per heavy atom. The predicted octanol–water partition coefficient (Wildman–Crippen LogP) is 2.68. The Bertz CT molecular complexity index is 708. The molecule has 5 nitrogen and oxygen atoms in total. The molecule has 0 saturated carbocycles. The first-order chi connectivity index (χ1) is 8.72. The van der Waals surface area contributed by atoms with Crippen LogP contribution in [0.15, 0.2) is 35.0 Å². The van der Waals surface area contributed by atoms with Crippen molar-refractivity contribution in [1.82, 2.24) is 10.1 Å². The van der Waals surface area contributed by atoms with Gasteiger partial charge < -0.3 is 4.52 Å². The summed E-state index contributed by atoms with van der Waals surface area (Å²) >= 11 is 1.19. The van der Waals surface area contributed by atoms with Gasteiger partial charge in [0.05, 0.1) is 16.4 Å². The largest absolute Gasteiger partial charge is 0.351 e. The third-order valence-electron chi connectivity index (χ3n) is 2.23. The number of hydrogen-bond donors (Lipinski definition) is 1. The molecule has 3 rings (SSSR count). The Morgan fingerprint density at radius 1 is 1.39 bits per heavy atom. The highest BCUT2D eigenvalue weighted by Gasteiger charge is 2.12. The number of hydrogen-bond acceptors (Lipinski definition) is 5. The number of amides is 1. The Morgan fingerprint density at radius 3 is 3.06 bits per heavy atom. The summed E-state index contributed by atoms with van der Waals surface area (Å²) in [5.74, 6) is -0.674. The molecule has 0 aliphatic heterocycles. The molecule has 0 bridgehead atoms. The third-order valence-corrected chi connectivity index (χ3v) is 3.17. The number of carbonyl (C=O) groups excluding carboxylic acids is 1. The molecule has 0 fully saturated rings. The van der Waals surface area contributed by atoms with Crippen molar-refractivity contribution in [3.8, 4) is 0 Å². The van der Waals surface area contributed by atoms with Gasteiger partial charge in [-0.15, -0.1) is 0 Å². The molecular formula is C11H6FN3O2S. The van der Waals surface area contributed by atoms with Crippen molar-refractivity contribution in [2.24, 2.45) is 0 Å². The first-order valence-electron chi connectivity index (χ1n) is 5.00. The normalized spacial score (nSPS) is 10.7. The summed E-state index contributed by atoms with van der Waals surface area (Å²) < 4.78 is 18.4. The molecule has 1 amide bonds. The standard InChI is InChI=1S/C11H6FN3O2S/c12-6-1-2-7-9(5-6)18-11(14-7)15-10(16)8-3-4-13-17-8/h1-5H,(H,14,15,16). The van der Waals surface area contributed by atoms with Crippen molar-refractivity contribution in [2.75, 3.05) is 5.32 Å². The van der Waals surface area contributed by atoms with E-state index in [1.165, 1.54) is 35.7 Å². The van der Waals surface area contributed by atoms with Gasteiger partial charge in [-0.05, 0) is 18.2 Å². The summed E-state index contributed by atoms with van der Waals surface area (Å²) in [6.07, 6.45) is 1.38. The molecule has 90 valence electrons. The number of carbonyl (C=O) groups is 1. The number of fused-ring (bicyclic) bond motifs is 1. The number of anilines is 1. The van der Waals surface area contributed by atoms with Gasteiger partial charge in [-0.1, -0.05) is 16.5 Å². The van der Waals surface area contributed by atoms with Gasteiger partial charge in [0.25, 0.3) is 5.91 Å². The second kappa shape index (κ2) is 4.19. The highest BCUT2D eigenvalue weighted by atomic mass is 32.1. The van der Waals surface area contributed by atoms with Crippen LogP contribution in [0.5, 0.6) is 0 Å². The maximum absolute atomic E-state index is 13.0. The van der Waals surface area contributed by atoms with Gasteiger partial charge in [0.1, 0.15) is 5.82 Å². The quantitative estimate of drug-likeness (QED) is 0.771. The van der Waals surface area contributed by atoms with E-state index in [0.29, 0.717) is 15.3 Å². The van der Waals surface area contributed by atoms with Crippen LogP contribution in [0.2, 0.25) is 0 Å². The maximum atomic E-state index is 13.0. The average Bonchev–Trinajstić information content (AvgIpc) is 2.95.